The lowest BCUT2D eigenvalue weighted by Crippen LogP contribution is -2.28. The topological polar surface area (TPSA) is 76.4 Å². The minimum Gasteiger partial charge on any atom is -0.469 e. The van der Waals surface area contributed by atoms with Crippen molar-refractivity contribution in [1.29, 1.82) is 5.26 Å². The Morgan fingerprint density at radius 2 is 1.80 bits per heavy atom. The molecular formula is C10H15NO4. The van der Waals surface area contributed by atoms with E-state index in [1.54, 1.807) is 13.8 Å². The Bertz CT molecular complexity index is 269. The Kier molecular flexibility index (Phi) is 6.11. The molecule has 0 rings (SSSR count). The first kappa shape index (κ1) is 13.4. The average molecular weight is 213 g/mol. The standard InChI is InChI=1S/C10H15NO4/c1-7(9(12)14-3)8(2)10(13)15-6-4-5-11/h7-8H,4,6H2,1-3H3. The van der Waals surface area contributed by atoms with E-state index in [4.69, 9.17) is 10.00 Å². The Hall–Kier alpha value is -1.57. The lowest BCUT2D eigenvalue weighted by molar-refractivity contribution is -0.157. The minimum atomic E-state index is -0.559. The fraction of sp³-hybridized carbons (Fsp3) is 0.700. The van der Waals surface area contributed by atoms with Gasteiger partial charge >= 0.3 is 11.9 Å². The maximum absolute atomic E-state index is 11.3. The fourth-order valence-corrected chi connectivity index (χ4v) is 0.923. The van der Waals surface area contributed by atoms with Gasteiger partial charge in [0.25, 0.3) is 0 Å². The van der Waals surface area contributed by atoms with Crippen molar-refractivity contribution in [3.63, 3.8) is 0 Å². The summed E-state index contributed by atoms with van der Waals surface area (Å²) in [5, 5.41) is 8.24. The van der Waals surface area contributed by atoms with E-state index in [0.717, 1.165) is 0 Å². The summed E-state index contributed by atoms with van der Waals surface area (Å²) in [5.74, 6) is -2.02. The molecule has 84 valence electrons. The van der Waals surface area contributed by atoms with Gasteiger partial charge in [0.1, 0.15) is 6.61 Å². The molecule has 0 saturated heterocycles. The first-order valence-electron chi connectivity index (χ1n) is 4.66. The molecule has 5 nitrogen and oxygen atoms in total. The summed E-state index contributed by atoms with van der Waals surface area (Å²) in [7, 11) is 1.27. The number of carbonyl (C=O) groups excluding carboxylic acids is 2. The number of hydrogen-bond donors (Lipinski definition) is 0. The lowest BCUT2D eigenvalue weighted by Gasteiger charge is -2.15. The van der Waals surface area contributed by atoms with Crippen LogP contribution in [0.5, 0.6) is 0 Å². The normalized spacial score (nSPS) is 13.5. The van der Waals surface area contributed by atoms with Gasteiger partial charge in [0.2, 0.25) is 0 Å². The zero-order valence-corrected chi connectivity index (χ0v) is 9.15. The molecule has 0 fully saturated rings. The highest BCUT2D eigenvalue weighted by molar-refractivity contribution is 5.81. The van der Waals surface area contributed by atoms with E-state index in [2.05, 4.69) is 4.74 Å². The number of nitriles is 1. The third-order valence-electron chi connectivity index (χ3n) is 2.15. The number of rotatable bonds is 5. The number of ether oxygens (including phenoxy) is 2. The molecule has 5 heteroatoms. The van der Waals surface area contributed by atoms with Gasteiger partial charge in [0, 0.05) is 0 Å². The summed E-state index contributed by atoms with van der Waals surface area (Å²) in [6, 6.07) is 1.86. The maximum Gasteiger partial charge on any atom is 0.309 e. The number of methoxy groups -OCH3 is 1. The van der Waals surface area contributed by atoms with Gasteiger partial charge in [-0.3, -0.25) is 9.59 Å². The second kappa shape index (κ2) is 6.82. The Morgan fingerprint density at radius 3 is 2.27 bits per heavy atom. The molecule has 0 radical (unpaired) electrons. The molecule has 0 aliphatic rings. The van der Waals surface area contributed by atoms with E-state index in [1.807, 2.05) is 6.07 Å². The third kappa shape index (κ3) is 4.45. The van der Waals surface area contributed by atoms with Gasteiger partial charge in [0.15, 0.2) is 0 Å². The molecule has 0 saturated carbocycles. The summed E-state index contributed by atoms with van der Waals surface area (Å²) >= 11 is 0. The molecule has 0 aliphatic heterocycles. The summed E-state index contributed by atoms with van der Waals surface area (Å²) in [6.07, 6.45) is 0.158. The molecular weight excluding hydrogens is 198 g/mol. The zero-order chi connectivity index (χ0) is 11.8. The van der Waals surface area contributed by atoms with E-state index in [-0.39, 0.29) is 13.0 Å². The molecule has 0 N–H and O–H groups in total. The van der Waals surface area contributed by atoms with Crippen molar-refractivity contribution in [3.8, 4) is 6.07 Å². The van der Waals surface area contributed by atoms with Gasteiger partial charge in [-0.25, -0.2) is 0 Å². The van der Waals surface area contributed by atoms with Gasteiger partial charge in [-0.05, 0) is 0 Å². The SMILES string of the molecule is COC(=O)C(C)C(C)C(=O)OCCC#N. The van der Waals surface area contributed by atoms with Crippen molar-refractivity contribution < 1.29 is 19.1 Å². The van der Waals surface area contributed by atoms with E-state index >= 15 is 0 Å². The zero-order valence-electron chi connectivity index (χ0n) is 9.15. The Labute approximate surface area is 89.0 Å². The van der Waals surface area contributed by atoms with Crippen molar-refractivity contribution >= 4 is 11.9 Å². The number of nitrogens with zero attached hydrogens (tertiary/aromatic N) is 1. The largest absolute Gasteiger partial charge is 0.469 e. The third-order valence-corrected chi connectivity index (χ3v) is 2.15. The highest BCUT2D eigenvalue weighted by Crippen LogP contribution is 2.14. The Morgan fingerprint density at radius 1 is 1.27 bits per heavy atom. The smallest absolute Gasteiger partial charge is 0.309 e. The monoisotopic (exact) mass is 213 g/mol. The Balaban J connectivity index is 4.08. The maximum atomic E-state index is 11.3. The first-order chi connectivity index (χ1) is 7.04. The molecule has 0 heterocycles. The average Bonchev–Trinajstić information content (AvgIpc) is 2.26. The molecule has 0 spiro atoms. The number of carbonyl (C=O) groups is 2. The second-order valence-electron chi connectivity index (χ2n) is 3.18. The number of esters is 2. The van der Waals surface area contributed by atoms with Gasteiger partial charge < -0.3 is 9.47 Å². The summed E-state index contributed by atoms with van der Waals surface area (Å²) in [6.45, 7) is 3.26. The van der Waals surface area contributed by atoms with Crippen LogP contribution in [0.15, 0.2) is 0 Å². The molecule has 0 aromatic heterocycles. The van der Waals surface area contributed by atoms with E-state index in [9.17, 15) is 9.59 Å². The molecule has 0 aliphatic carbocycles. The molecule has 15 heavy (non-hydrogen) atoms. The highest BCUT2D eigenvalue weighted by Gasteiger charge is 2.27. The van der Waals surface area contributed by atoms with Crippen molar-refractivity contribution in [2.45, 2.75) is 20.3 Å². The molecule has 0 amide bonds. The van der Waals surface area contributed by atoms with Crippen LogP contribution in [0, 0.1) is 23.2 Å². The lowest BCUT2D eigenvalue weighted by atomic mass is 9.96. The minimum absolute atomic E-state index is 0.0631. The van der Waals surface area contributed by atoms with Crippen molar-refractivity contribution in [1.82, 2.24) is 0 Å². The summed E-state index contributed by atoms with van der Waals surface area (Å²) in [5.41, 5.74) is 0. The van der Waals surface area contributed by atoms with Crippen LogP contribution in [0.3, 0.4) is 0 Å². The van der Waals surface area contributed by atoms with Crippen molar-refractivity contribution in [2.24, 2.45) is 11.8 Å². The van der Waals surface area contributed by atoms with Gasteiger partial charge in [-0.2, -0.15) is 5.26 Å². The van der Waals surface area contributed by atoms with Crippen molar-refractivity contribution in [2.75, 3.05) is 13.7 Å². The predicted molar refractivity (Wildman–Crippen MR) is 51.5 cm³/mol. The molecule has 0 bridgehead atoms. The summed E-state index contributed by atoms with van der Waals surface area (Å²) in [4.78, 5) is 22.4. The van der Waals surface area contributed by atoms with Crippen LogP contribution in [0.1, 0.15) is 20.3 Å². The van der Waals surface area contributed by atoms with Crippen LogP contribution in [-0.4, -0.2) is 25.7 Å². The fourth-order valence-electron chi connectivity index (χ4n) is 0.923. The van der Waals surface area contributed by atoms with Gasteiger partial charge in [0.05, 0.1) is 31.4 Å². The predicted octanol–water partition coefficient (Wildman–Crippen LogP) is 0.888. The van der Waals surface area contributed by atoms with Crippen molar-refractivity contribution in [3.05, 3.63) is 0 Å². The molecule has 0 aromatic carbocycles. The van der Waals surface area contributed by atoms with Crippen LogP contribution in [-0.2, 0) is 19.1 Å². The van der Waals surface area contributed by atoms with Crippen LogP contribution in [0.2, 0.25) is 0 Å². The van der Waals surface area contributed by atoms with Crippen LogP contribution < -0.4 is 0 Å². The number of hydrogen-bond acceptors (Lipinski definition) is 5. The second-order valence-corrected chi connectivity index (χ2v) is 3.18. The molecule has 2 atom stereocenters. The van der Waals surface area contributed by atoms with Gasteiger partial charge in [-0.1, -0.05) is 13.8 Å². The molecule has 2 unspecified atom stereocenters. The summed E-state index contributed by atoms with van der Waals surface area (Å²) < 4.78 is 9.30. The van der Waals surface area contributed by atoms with E-state index in [0.29, 0.717) is 0 Å². The quantitative estimate of drug-likeness (QED) is 0.500. The van der Waals surface area contributed by atoms with Crippen LogP contribution in [0.4, 0.5) is 0 Å². The molecule has 0 aromatic rings. The first-order valence-corrected chi connectivity index (χ1v) is 4.66. The van der Waals surface area contributed by atoms with E-state index < -0.39 is 23.8 Å². The van der Waals surface area contributed by atoms with Crippen LogP contribution >= 0.6 is 0 Å². The van der Waals surface area contributed by atoms with Crippen LogP contribution in [0.25, 0.3) is 0 Å². The van der Waals surface area contributed by atoms with E-state index in [1.165, 1.54) is 7.11 Å². The van der Waals surface area contributed by atoms with Gasteiger partial charge in [-0.15, -0.1) is 0 Å². The highest BCUT2D eigenvalue weighted by atomic mass is 16.5.